The molecule has 0 bridgehead atoms. The molecular formula is C11H14N2O2. The van der Waals surface area contributed by atoms with Crippen molar-refractivity contribution in [2.75, 3.05) is 0 Å². The topological polar surface area (TPSA) is 55.1 Å². The van der Waals surface area contributed by atoms with Crippen LogP contribution in [0.1, 0.15) is 13.3 Å². The summed E-state index contributed by atoms with van der Waals surface area (Å²) >= 11 is 0. The highest BCUT2D eigenvalue weighted by Crippen LogP contribution is 2.14. The second kappa shape index (κ2) is 4.13. The first-order chi connectivity index (χ1) is 6.68. The molecule has 1 aromatic heterocycles. The maximum Gasteiger partial charge on any atom is 0.323 e. The molecule has 2 rings (SSSR count). The third-order valence-corrected chi connectivity index (χ3v) is 2.14. The Morgan fingerprint density at radius 3 is 2.80 bits per heavy atom. The molecule has 0 aliphatic carbocycles. The Hall–Kier alpha value is -1.84. The molecule has 1 aromatic carbocycles. The van der Waals surface area contributed by atoms with E-state index in [-0.39, 0.29) is 14.0 Å². The first kappa shape index (κ1) is 11.2. The van der Waals surface area contributed by atoms with Gasteiger partial charge in [0, 0.05) is 0 Å². The molecule has 0 radical (unpaired) electrons. The van der Waals surface area contributed by atoms with E-state index in [2.05, 4.69) is 4.98 Å². The van der Waals surface area contributed by atoms with E-state index < -0.39 is 5.97 Å². The number of nitrogens with zero attached hydrogens (tertiary/aromatic N) is 2. The van der Waals surface area contributed by atoms with E-state index >= 15 is 0 Å². The Morgan fingerprint density at radius 2 is 2.13 bits per heavy atom. The van der Waals surface area contributed by atoms with Crippen LogP contribution in [0.25, 0.3) is 11.0 Å². The van der Waals surface area contributed by atoms with Crippen LogP contribution in [0.2, 0.25) is 0 Å². The van der Waals surface area contributed by atoms with Crippen LogP contribution >= 0.6 is 0 Å². The molecule has 2 aromatic rings. The molecule has 0 amide bonds. The molecule has 80 valence electrons. The average Bonchev–Trinajstić information content (AvgIpc) is 2.43. The Balaban J connectivity index is 0.00000112. The van der Waals surface area contributed by atoms with Crippen LogP contribution in [-0.4, -0.2) is 20.6 Å². The van der Waals surface area contributed by atoms with Crippen LogP contribution in [0.15, 0.2) is 24.3 Å². The van der Waals surface area contributed by atoms with E-state index in [0.29, 0.717) is 0 Å². The lowest BCUT2D eigenvalue weighted by atomic mass is 10.3. The van der Waals surface area contributed by atoms with Crippen molar-refractivity contribution < 1.29 is 9.90 Å². The monoisotopic (exact) mass is 206 g/mol. The molecule has 0 aliphatic heterocycles. The summed E-state index contributed by atoms with van der Waals surface area (Å²) in [5.74, 6) is -0.121. The molecule has 15 heavy (non-hydrogen) atoms. The van der Waals surface area contributed by atoms with E-state index in [1.807, 2.05) is 31.2 Å². The van der Waals surface area contributed by atoms with E-state index in [1.54, 1.807) is 4.57 Å². The molecule has 0 spiro atoms. The molecule has 0 unspecified atom stereocenters. The van der Waals surface area contributed by atoms with Gasteiger partial charge in [-0.2, -0.15) is 0 Å². The number of hydrogen-bond acceptors (Lipinski definition) is 2. The predicted octanol–water partition coefficient (Wildman–Crippen LogP) is 2.07. The summed E-state index contributed by atoms with van der Waals surface area (Å²) in [4.78, 5) is 14.9. The molecule has 1 heterocycles. The fourth-order valence-corrected chi connectivity index (χ4v) is 1.53. The number of rotatable bonds is 2. The molecule has 0 atom stereocenters. The number of carbonyl (C=O) groups is 1. The SMILES string of the molecule is C.Cc1nc2ccccc2n1CC(=O)O. The van der Waals surface area contributed by atoms with Gasteiger partial charge in [-0.3, -0.25) is 4.79 Å². The second-order valence-corrected chi connectivity index (χ2v) is 3.13. The van der Waals surface area contributed by atoms with E-state index in [9.17, 15) is 4.79 Å². The fraction of sp³-hybridized carbons (Fsp3) is 0.273. The summed E-state index contributed by atoms with van der Waals surface area (Å²) in [5, 5.41) is 8.72. The van der Waals surface area contributed by atoms with Crippen molar-refractivity contribution in [3.8, 4) is 0 Å². The van der Waals surface area contributed by atoms with Crippen molar-refractivity contribution in [2.45, 2.75) is 20.9 Å². The maximum absolute atomic E-state index is 10.6. The van der Waals surface area contributed by atoms with Gasteiger partial charge in [-0.1, -0.05) is 19.6 Å². The Morgan fingerprint density at radius 1 is 1.47 bits per heavy atom. The van der Waals surface area contributed by atoms with Crippen LogP contribution in [0.5, 0.6) is 0 Å². The third kappa shape index (κ3) is 1.98. The van der Waals surface area contributed by atoms with Gasteiger partial charge in [0.2, 0.25) is 0 Å². The Bertz CT molecular complexity index is 488. The summed E-state index contributed by atoms with van der Waals surface area (Å²) in [6, 6.07) is 7.51. The molecule has 0 fully saturated rings. The van der Waals surface area contributed by atoms with Gasteiger partial charge in [0.25, 0.3) is 0 Å². The van der Waals surface area contributed by atoms with Gasteiger partial charge in [-0.05, 0) is 19.1 Å². The van der Waals surface area contributed by atoms with E-state index in [4.69, 9.17) is 5.11 Å². The predicted molar refractivity (Wildman–Crippen MR) is 58.8 cm³/mol. The Kier molecular flexibility index (Phi) is 3.09. The summed E-state index contributed by atoms with van der Waals surface area (Å²) in [7, 11) is 0. The number of aryl methyl sites for hydroxylation is 1. The van der Waals surface area contributed by atoms with Crippen LogP contribution in [-0.2, 0) is 11.3 Å². The average molecular weight is 206 g/mol. The van der Waals surface area contributed by atoms with Crippen LogP contribution in [0, 0.1) is 6.92 Å². The normalized spacial score (nSPS) is 9.93. The zero-order chi connectivity index (χ0) is 10.1. The lowest BCUT2D eigenvalue weighted by Crippen LogP contribution is -2.09. The van der Waals surface area contributed by atoms with Gasteiger partial charge < -0.3 is 9.67 Å². The lowest BCUT2D eigenvalue weighted by Gasteiger charge is -2.01. The number of fused-ring (bicyclic) bond motifs is 1. The first-order valence-corrected chi connectivity index (χ1v) is 4.32. The molecule has 0 saturated carbocycles. The first-order valence-electron chi connectivity index (χ1n) is 4.32. The van der Waals surface area contributed by atoms with Crippen LogP contribution in [0.4, 0.5) is 0 Å². The smallest absolute Gasteiger partial charge is 0.323 e. The largest absolute Gasteiger partial charge is 0.480 e. The minimum atomic E-state index is -0.851. The van der Waals surface area contributed by atoms with Crippen molar-refractivity contribution in [3.63, 3.8) is 0 Å². The van der Waals surface area contributed by atoms with Crippen LogP contribution < -0.4 is 0 Å². The van der Waals surface area contributed by atoms with Crippen molar-refractivity contribution in [1.29, 1.82) is 0 Å². The lowest BCUT2D eigenvalue weighted by molar-refractivity contribution is -0.137. The number of aromatic nitrogens is 2. The number of benzene rings is 1. The highest BCUT2D eigenvalue weighted by atomic mass is 16.4. The molecule has 0 saturated heterocycles. The van der Waals surface area contributed by atoms with Crippen molar-refractivity contribution in [3.05, 3.63) is 30.1 Å². The van der Waals surface area contributed by atoms with Gasteiger partial charge in [-0.15, -0.1) is 0 Å². The molecule has 0 aliphatic rings. The van der Waals surface area contributed by atoms with E-state index in [1.165, 1.54) is 0 Å². The fourth-order valence-electron chi connectivity index (χ4n) is 1.53. The number of para-hydroxylation sites is 2. The summed E-state index contributed by atoms with van der Waals surface area (Å²) in [6.45, 7) is 1.77. The molecular weight excluding hydrogens is 192 g/mol. The summed E-state index contributed by atoms with van der Waals surface area (Å²) in [5.41, 5.74) is 1.71. The highest BCUT2D eigenvalue weighted by Gasteiger charge is 2.08. The number of aliphatic carboxylic acids is 1. The summed E-state index contributed by atoms with van der Waals surface area (Å²) in [6.07, 6.45) is 0. The standard InChI is InChI=1S/C10H10N2O2.CH4/c1-7-11-8-4-2-3-5-9(8)12(7)6-10(13)14;/h2-5H,6H2,1H3,(H,13,14);1H4. The van der Waals surface area contributed by atoms with Crippen molar-refractivity contribution >= 4 is 17.0 Å². The maximum atomic E-state index is 10.6. The minimum absolute atomic E-state index is 0. The second-order valence-electron chi connectivity index (χ2n) is 3.13. The van der Waals surface area contributed by atoms with Gasteiger partial charge in [-0.25, -0.2) is 4.98 Å². The van der Waals surface area contributed by atoms with Crippen molar-refractivity contribution in [1.82, 2.24) is 9.55 Å². The molecule has 4 nitrogen and oxygen atoms in total. The minimum Gasteiger partial charge on any atom is -0.480 e. The van der Waals surface area contributed by atoms with Gasteiger partial charge >= 0.3 is 5.97 Å². The quantitative estimate of drug-likeness (QED) is 0.818. The zero-order valence-corrected chi connectivity index (χ0v) is 7.77. The van der Waals surface area contributed by atoms with Gasteiger partial charge in [0.15, 0.2) is 0 Å². The van der Waals surface area contributed by atoms with E-state index in [0.717, 1.165) is 16.9 Å². The zero-order valence-electron chi connectivity index (χ0n) is 7.77. The number of carboxylic acid groups (broad SMARTS) is 1. The number of imidazole rings is 1. The van der Waals surface area contributed by atoms with Crippen molar-refractivity contribution in [2.24, 2.45) is 0 Å². The highest BCUT2D eigenvalue weighted by molar-refractivity contribution is 5.78. The Labute approximate surface area is 88.2 Å². The van der Waals surface area contributed by atoms with Crippen LogP contribution in [0.3, 0.4) is 0 Å². The third-order valence-electron chi connectivity index (χ3n) is 2.14. The van der Waals surface area contributed by atoms with Gasteiger partial charge in [0.05, 0.1) is 11.0 Å². The molecule has 1 N–H and O–H groups in total. The molecule has 4 heteroatoms. The number of hydrogen-bond donors (Lipinski definition) is 1. The summed E-state index contributed by atoms with van der Waals surface area (Å²) < 4.78 is 1.69. The number of carboxylic acids is 1. The van der Waals surface area contributed by atoms with Gasteiger partial charge in [0.1, 0.15) is 12.4 Å².